The predicted octanol–water partition coefficient (Wildman–Crippen LogP) is 2.11. The quantitative estimate of drug-likeness (QED) is 0.888. The summed E-state index contributed by atoms with van der Waals surface area (Å²) in [5, 5.41) is 3.28. The van der Waals surface area contributed by atoms with Crippen molar-refractivity contribution in [2.24, 2.45) is 0 Å². The molecule has 0 radical (unpaired) electrons. The summed E-state index contributed by atoms with van der Waals surface area (Å²) < 4.78 is 43.2. The van der Waals surface area contributed by atoms with Gasteiger partial charge in [0.25, 0.3) is 0 Å². The molecule has 2 heterocycles. The van der Waals surface area contributed by atoms with Crippen molar-refractivity contribution in [3.63, 3.8) is 0 Å². The molecule has 20 heavy (non-hydrogen) atoms. The van der Waals surface area contributed by atoms with Gasteiger partial charge in [-0.15, -0.1) is 0 Å². The van der Waals surface area contributed by atoms with E-state index in [1.807, 2.05) is 0 Å². The number of alkyl halides is 3. The fourth-order valence-electron chi connectivity index (χ4n) is 2.32. The van der Waals surface area contributed by atoms with Crippen LogP contribution in [0.25, 0.3) is 11.0 Å². The summed E-state index contributed by atoms with van der Waals surface area (Å²) in [6, 6.07) is 3.68. The van der Waals surface area contributed by atoms with Crippen LogP contribution in [0.4, 0.5) is 13.2 Å². The van der Waals surface area contributed by atoms with Gasteiger partial charge in [-0.3, -0.25) is 0 Å². The summed E-state index contributed by atoms with van der Waals surface area (Å²) in [4.78, 5) is 7.26. The number of H-pyrrole nitrogens is 1. The molecule has 1 aliphatic rings. The number of hydrogen-bond acceptors (Lipinski definition) is 3. The van der Waals surface area contributed by atoms with Crippen molar-refractivity contribution in [3.05, 3.63) is 29.6 Å². The minimum Gasteiger partial charge on any atom is -0.379 e. The van der Waals surface area contributed by atoms with Crippen LogP contribution in [0.15, 0.2) is 18.2 Å². The molecule has 1 saturated heterocycles. The van der Waals surface area contributed by atoms with Gasteiger partial charge in [0, 0.05) is 19.0 Å². The number of aromatic nitrogens is 2. The molecule has 7 heteroatoms. The lowest BCUT2D eigenvalue weighted by molar-refractivity contribution is -0.137. The number of imidazole rings is 1. The molecule has 108 valence electrons. The molecule has 2 N–H and O–H groups in total. The first-order chi connectivity index (χ1) is 9.52. The summed E-state index contributed by atoms with van der Waals surface area (Å²) >= 11 is 0. The van der Waals surface area contributed by atoms with E-state index in [-0.39, 0.29) is 6.04 Å². The van der Waals surface area contributed by atoms with E-state index in [9.17, 15) is 13.2 Å². The molecular formula is C13H14F3N3O. The predicted molar refractivity (Wildman–Crippen MR) is 67.4 cm³/mol. The Morgan fingerprint density at radius 3 is 2.90 bits per heavy atom. The largest absolute Gasteiger partial charge is 0.416 e. The second kappa shape index (κ2) is 5.06. The van der Waals surface area contributed by atoms with E-state index >= 15 is 0 Å². The Balaban J connectivity index is 1.83. The van der Waals surface area contributed by atoms with Crippen LogP contribution < -0.4 is 5.32 Å². The molecule has 1 unspecified atom stereocenters. The Morgan fingerprint density at radius 2 is 2.20 bits per heavy atom. The highest BCUT2D eigenvalue weighted by Crippen LogP contribution is 2.30. The first-order valence-electron chi connectivity index (χ1n) is 6.39. The lowest BCUT2D eigenvalue weighted by Gasteiger charge is -2.22. The maximum Gasteiger partial charge on any atom is 0.416 e. The third-order valence-corrected chi connectivity index (χ3v) is 3.30. The van der Waals surface area contributed by atoms with E-state index in [0.717, 1.165) is 18.7 Å². The second-order valence-electron chi connectivity index (χ2n) is 4.84. The smallest absolute Gasteiger partial charge is 0.379 e. The zero-order valence-corrected chi connectivity index (χ0v) is 10.6. The number of ether oxygens (including phenoxy) is 1. The van der Waals surface area contributed by atoms with Gasteiger partial charge in [0.1, 0.15) is 5.82 Å². The molecule has 1 aromatic heterocycles. The van der Waals surface area contributed by atoms with Gasteiger partial charge in [-0.25, -0.2) is 4.98 Å². The second-order valence-corrected chi connectivity index (χ2v) is 4.84. The average molecular weight is 285 g/mol. The summed E-state index contributed by atoms with van der Waals surface area (Å²) in [5.41, 5.74) is 0.288. The van der Waals surface area contributed by atoms with Crippen LogP contribution in [-0.2, 0) is 17.3 Å². The summed E-state index contributed by atoms with van der Waals surface area (Å²) in [7, 11) is 0. The number of benzene rings is 1. The van der Waals surface area contributed by atoms with Crippen molar-refractivity contribution in [2.75, 3.05) is 19.8 Å². The number of nitrogens with zero attached hydrogens (tertiary/aromatic N) is 1. The Hall–Kier alpha value is -1.60. The highest BCUT2D eigenvalue weighted by molar-refractivity contribution is 5.76. The van der Waals surface area contributed by atoms with Gasteiger partial charge >= 0.3 is 6.18 Å². The first kappa shape index (κ1) is 13.4. The molecule has 3 rings (SSSR count). The fraction of sp³-hybridized carbons (Fsp3) is 0.462. The van der Waals surface area contributed by atoms with Crippen molar-refractivity contribution in [3.8, 4) is 0 Å². The summed E-state index contributed by atoms with van der Waals surface area (Å²) in [6.07, 6.45) is -3.73. The van der Waals surface area contributed by atoms with Crippen LogP contribution >= 0.6 is 0 Å². The monoisotopic (exact) mass is 285 g/mol. The van der Waals surface area contributed by atoms with E-state index < -0.39 is 11.7 Å². The van der Waals surface area contributed by atoms with Gasteiger partial charge in [0.05, 0.1) is 29.8 Å². The van der Waals surface area contributed by atoms with Crippen LogP contribution in [0.1, 0.15) is 11.4 Å². The summed E-state index contributed by atoms with van der Waals surface area (Å²) in [5.74, 6) is 0.669. The van der Waals surface area contributed by atoms with Crippen molar-refractivity contribution in [2.45, 2.75) is 18.6 Å². The van der Waals surface area contributed by atoms with Gasteiger partial charge in [0.2, 0.25) is 0 Å². The molecule has 1 fully saturated rings. The van der Waals surface area contributed by atoms with E-state index in [0.29, 0.717) is 36.5 Å². The molecule has 4 nitrogen and oxygen atoms in total. The van der Waals surface area contributed by atoms with Crippen LogP contribution in [0.2, 0.25) is 0 Å². The van der Waals surface area contributed by atoms with Crippen molar-refractivity contribution >= 4 is 11.0 Å². The van der Waals surface area contributed by atoms with E-state index in [1.54, 1.807) is 0 Å². The molecule has 0 bridgehead atoms. The molecule has 0 amide bonds. The molecule has 0 aliphatic carbocycles. The lowest BCUT2D eigenvalue weighted by Crippen LogP contribution is -2.42. The molecule has 0 saturated carbocycles. The maximum absolute atomic E-state index is 12.6. The van der Waals surface area contributed by atoms with Crippen LogP contribution in [0.5, 0.6) is 0 Å². The number of rotatable bonds is 2. The van der Waals surface area contributed by atoms with E-state index in [2.05, 4.69) is 15.3 Å². The third kappa shape index (κ3) is 2.78. The Kier molecular flexibility index (Phi) is 3.39. The van der Waals surface area contributed by atoms with Crippen LogP contribution in [-0.4, -0.2) is 35.8 Å². The molecular weight excluding hydrogens is 271 g/mol. The SMILES string of the molecule is FC(F)(F)c1ccc2nc(CC3COCCN3)[nH]c2c1. The summed E-state index contributed by atoms with van der Waals surface area (Å²) in [6.45, 7) is 2.06. The number of nitrogens with one attached hydrogen (secondary N) is 2. The Morgan fingerprint density at radius 1 is 1.35 bits per heavy atom. The van der Waals surface area contributed by atoms with E-state index in [4.69, 9.17) is 4.74 Å². The Labute approximate surface area is 113 Å². The zero-order chi connectivity index (χ0) is 14.2. The zero-order valence-electron chi connectivity index (χ0n) is 10.6. The molecule has 1 aromatic carbocycles. The molecule has 1 atom stereocenters. The molecule has 1 aliphatic heterocycles. The molecule has 0 spiro atoms. The minimum atomic E-state index is -4.34. The van der Waals surface area contributed by atoms with Gasteiger partial charge in [-0.2, -0.15) is 13.2 Å². The number of fused-ring (bicyclic) bond motifs is 1. The Bertz CT molecular complexity index is 602. The topological polar surface area (TPSA) is 49.9 Å². The van der Waals surface area contributed by atoms with Crippen molar-refractivity contribution in [1.29, 1.82) is 0 Å². The van der Waals surface area contributed by atoms with Crippen LogP contribution in [0.3, 0.4) is 0 Å². The van der Waals surface area contributed by atoms with Crippen molar-refractivity contribution < 1.29 is 17.9 Å². The number of halogens is 3. The number of morpholine rings is 1. The molecule has 2 aromatic rings. The first-order valence-corrected chi connectivity index (χ1v) is 6.39. The highest BCUT2D eigenvalue weighted by Gasteiger charge is 2.30. The minimum absolute atomic E-state index is 0.145. The van der Waals surface area contributed by atoms with Crippen LogP contribution in [0, 0.1) is 0 Å². The van der Waals surface area contributed by atoms with Gasteiger partial charge < -0.3 is 15.0 Å². The fourth-order valence-corrected chi connectivity index (χ4v) is 2.32. The lowest BCUT2D eigenvalue weighted by atomic mass is 10.2. The number of hydrogen-bond donors (Lipinski definition) is 2. The van der Waals surface area contributed by atoms with Crippen molar-refractivity contribution in [1.82, 2.24) is 15.3 Å². The van der Waals surface area contributed by atoms with Gasteiger partial charge in [0.15, 0.2) is 0 Å². The van der Waals surface area contributed by atoms with Gasteiger partial charge in [-0.05, 0) is 18.2 Å². The average Bonchev–Trinajstić information content (AvgIpc) is 2.80. The maximum atomic E-state index is 12.6. The normalized spacial score (nSPS) is 20.4. The number of aromatic amines is 1. The highest BCUT2D eigenvalue weighted by atomic mass is 19.4. The third-order valence-electron chi connectivity index (χ3n) is 3.30. The van der Waals surface area contributed by atoms with Gasteiger partial charge in [-0.1, -0.05) is 0 Å². The standard InChI is InChI=1S/C13H14F3N3O/c14-13(15,16)8-1-2-10-11(5-8)19-12(18-10)6-9-7-20-4-3-17-9/h1-2,5,9,17H,3-4,6-7H2,(H,18,19). The van der Waals surface area contributed by atoms with E-state index in [1.165, 1.54) is 6.07 Å².